The zero-order valence-electron chi connectivity index (χ0n) is 10.7. The number of carbonyl (C=O) groups excluding carboxylic acids is 1. The first-order chi connectivity index (χ1) is 9.25. The minimum atomic E-state index is -0.0897. The van der Waals surface area contributed by atoms with Crippen molar-refractivity contribution in [3.05, 3.63) is 35.0 Å². The molecule has 1 aliphatic carbocycles. The molecule has 1 fully saturated rings. The Morgan fingerprint density at radius 1 is 1.21 bits per heavy atom. The second kappa shape index (κ2) is 5.25. The molecule has 0 aliphatic heterocycles. The number of hydrogen-bond donors (Lipinski definition) is 2. The zero-order valence-corrected chi connectivity index (χ0v) is 11.5. The molecule has 0 bridgehead atoms. The largest absolute Gasteiger partial charge is 0.349 e. The number of fused-ring (bicyclic) bond motifs is 1. The average Bonchev–Trinajstić information content (AvgIpc) is 2.78. The third kappa shape index (κ3) is 2.47. The molecule has 1 aromatic heterocycles. The molecule has 1 aliphatic rings. The maximum absolute atomic E-state index is 12.3. The smallest absolute Gasteiger partial charge is 0.269 e. The molecular formula is C15H17ClN2O. The lowest BCUT2D eigenvalue weighted by Gasteiger charge is -2.22. The molecule has 2 aromatic rings. The van der Waals surface area contributed by atoms with E-state index in [2.05, 4.69) is 10.3 Å². The van der Waals surface area contributed by atoms with Crippen molar-refractivity contribution in [2.75, 3.05) is 0 Å². The number of aromatic amines is 1. The third-order valence-electron chi connectivity index (χ3n) is 3.81. The maximum atomic E-state index is 12.3. The van der Waals surface area contributed by atoms with Crippen molar-refractivity contribution in [2.45, 2.75) is 38.1 Å². The molecule has 3 rings (SSSR count). The van der Waals surface area contributed by atoms with Crippen LogP contribution in [-0.4, -0.2) is 16.9 Å². The average molecular weight is 277 g/mol. The summed E-state index contributed by atoms with van der Waals surface area (Å²) in [7, 11) is 0. The van der Waals surface area contributed by atoms with Crippen LogP contribution in [0, 0.1) is 0 Å². The van der Waals surface area contributed by atoms with Crippen LogP contribution in [0.3, 0.4) is 0 Å². The number of amides is 1. The van der Waals surface area contributed by atoms with E-state index in [-0.39, 0.29) is 5.91 Å². The molecular weight excluding hydrogens is 260 g/mol. The topological polar surface area (TPSA) is 44.9 Å². The number of nitrogens with one attached hydrogen (secondary N) is 2. The Bertz CT molecular complexity index is 599. The number of hydrogen-bond acceptors (Lipinski definition) is 1. The molecule has 0 unspecified atom stereocenters. The van der Waals surface area contributed by atoms with Gasteiger partial charge in [0.05, 0.1) is 5.02 Å². The van der Waals surface area contributed by atoms with E-state index in [1.54, 1.807) is 0 Å². The predicted octanol–water partition coefficient (Wildman–Crippen LogP) is 3.88. The summed E-state index contributed by atoms with van der Waals surface area (Å²) in [5.74, 6) is -0.0897. The summed E-state index contributed by atoms with van der Waals surface area (Å²) in [5.41, 5.74) is 1.38. The van der Waals surface area contributed by atoms with Crippen LogP contribution in [0.15, 0.2) is 24.3 Å². The fraction of sp³-hybridized carbons (Fsp3) is 0.400. The van der Waals surface area contributed by atoms with Crippen molar-refractivity contribution in [1.82, 2.24) is 10.3 Å². The lowest BCUT2D eigenvalue weighted by Crippen LogP contribution is -2.36. The Morgan fingerprint density at radius 2 is 1.95 bits per heavy atom. The van der Waals surface area contributed by atoms with Gasteiger partial charge in [-0.05, 0) is 18.9 Å². The molecule has 1 amide bonds. The molecule has 2 N–H and O–H groups in total. The van der Waals surface area contributed by atoms with Crippen molar-refractivity contribution in [2.24, 2.45) is 0 Å². The summed E-state index contributed by atoms with van der Waals surface area (Å²) < 4.78 is 0. The lowest BCUT2D eigenvalue weighted by molar-refractivity contribution is 0.0923. The molecule has 1 aromatic carbocycles. The fourth-order valence-electron chi connectivity index (χ4n) is 2.77. The highest BCUT2D eigenvalue weighted by atomic mass is 35.5. The van der Waals surface area contributed by atoms with Crippen molar-refractivity contribution in [3.8, 4) is 0 Å². The van der Waals surface area contributed by atoms with Crippen molar-refractivity contribution >= 4 is 28.4 Å². The van der Waals surface area contributed by atoms with Gasteiger partial charge < -0.3 is 10.3 Å². The van der Waals surface area contributed by atoms with Crippen LogP contribution >= 0.6 is 11.6 Å². The van der Waals surface area contributed by atoms with E-state index in [1.165, 1.54) is 19.3 Å². The second-order valence-corrected chi connectivity index (χ2v) is 5.55. The van der Waals surface area contributed by atoms with Crippen LogP contribution < -0.4 is 5.32 Å². The van der Waals surface area contributed by atoms with Crippen LogP contribution in [0.2, 0.25) is 5.02 Å². The Labute approximate surface area is 117 Å². The molecule has 3 nitrogen and oxygen atoms in total. The minimum Gasteiger partial charge on any atom is -0.349 e. The Morgan fingerprint density at radius 3 is 2.68 bits per heavy atom. The summed E-state index contributed by atoms with van der Waals surface area (Å²) in [6.07, 6.45) is 5.82. The van der Waals surface area contributed by atoms with E-state index in [0.717, 1.165) is 23.7 Å². The van der Waals surface area contributed by atoms with E-state index in [9.17, 15) is 4.79 Å². The van der Waals surface area contributed by atoms with Crippen LogP contribution in [0.25, 0.3) is 10.9 Å². The summed E-state index contributed by atoms with van der Waals surface area (Å²) >= 11 is 6.28. The van der Waals surface area contributed by atoms with E-state index in [0.29, 0.717) is 16.8 Å². The molecule has 4 heteroatoms. The van der Waals surface area contributed by atoms with Crippen LogP contribution in [0.1, 0.15) is 42.6 Å². The zero-order chi connectivity index (χ0) is 13.2. The maximum Gasteiger partial charge on any atom is 0.269 e. The number of para-hydroxylation sites is 1. The summed E-state index contributed by atoms with van der Waals surface area (Å²) in [6, 6.07) is 8.00. The lowest BCUT2D eigenvalue weighted by atomic mass is 9.95. The number of halogens is 1. The summed E-state index contributed by atoms with van der Waals surface area (Å²) in [4.78, 5) is 15.4. The Kier molecular flexibility index (Phi) is 3.47. The molecule has 1 heterocycles. The van der Waals surface area contributed by atoms with Gasteiger partial charge in [0, 0.05) is 16.9 Å². The van der Waals surface area contributed by atoms with Crippen molar-refractivity contribution in [3.63, 3.8) is 0 Å². The monoisotopic (exact) mass is 276 g/mol. The van der Waals surface area contributed by atoms with Crippen molar-refractivity contribution < 1.29 is 4.79 Å². The molecule has 0 atom stereocenters. The van der Waals surface area contributed by atoms with Gasteiger partial charge in [0.2, 0.25) is 0 Å². The van der Waals surface area contributed by atoms with Gasteiger partial charge in [-0.2, -0.15) is 0 Å². The Hall–Kier alpha value is -1.48. The number of benzene rings is 1. The predicted molar refractivity (Wildman–Crippen MR) is 77.6 cm³/mol. The normalized spacial score (nSPS) is 16.7. The van der Waals surface area contributed by atoms with E-state index in [1.807, 2.05) is 24.3 Å². The molecule has 1 saturated carbocycles. The van der Waals surface area contributed by atoms with Crippen LogP contribution in [0.5, 0.6) is 0 Å². The van der Waals surface area contributed by atoms with Crippen LogP contribution in [-0.2, 0) is 0 Å². The van der Waals surface area contributed by atoms with E-state index >= 15 is 0 Å². The number of aromatic nitrogens is 1. The highest BCUT2D eigenvalue weighted by molar-refractivity contribution is 6.38. The molecule has 100 valence electrons. The minimum absolute atomic E-state index is 0.0897. The SMILES string of the molecule is O=C(NC1CCCCC1)c1[nH]c2ccccc2c1Cl. The van der Waals surface area contributed by atoms with Gasteiger partial charge in [-0.15, -0.1) is 0 Å². The van der Waals surface area contributed by atoms with Gasteiger partial charge in [0.15, 0.2) is 0 Å². The Balaban J connectivity index is 1.83. The van der Waals surface area contributed by atoms with Crippen molar-refractivity contribution in [1.29, 1.82) is 0 Å². The summed E-state index contributed by atoms with van der Waals surface area (Å²) in [5, 5.41) is 4.50. The van der Waals surface area contributed by atoms with Gasteiger partial charge >= 0.3 is 0 Å². The van der Waals surface area contributed by atoms with E-state index < -0.39 is 0 Å². The third-order valence-corrected chi connectivity index (χ3v) is 4.20. The second-order valence-electron chi connectivity index (χ2n) is 5.17. The fourth-order valence-corrected chi connectivity index (χ4v) is 3.07. The van der Waals surface area contributed by atoms with E-state index in [4.69, 9.17) is 11.6 Å². The summed E-state index contributed by atoms with van der Waals surface area (Å²) in [6.45, 7) is 0. The highest BCUT2D eigenvalue weighted by Crippen LogP contribution is 2.27. The van der Waals surface area contributed by atoms with Gasteiger partial charge in [0.1, 0.15) is 5.69 Å². The van der Waals surface area contributed by atoms with Gasteiger partial charge in [-0.3, -0.25) is 4.79 Å². The molecule has 0 radical (unpaired) electrons. The number of H-pyrrole nitrogens is 1. The van der Waals surface area contributed by atoms with Gasteiger partial charge in [-0.25, -0.2) is 0 Å². The number of rotatable bonds is 2. The first kappa shape index (κ1) is 12.5. The highest BCUT2D eigenvalue weighted by Gasteiger charge is 2.20. The first-order valence-electron chi connectivity index (χ1n) is 6.83. The van der Waals surface area contributed by atoms with Gasteiger partial charge in [-0.1, -0.05) is 49.1 Å². The first-order valence-corrected chi connectivity index (χ1v) is 7.20. The van der Waals surface area contributed by atoms with Gasteiger partial charge in [0.25, 0.3) is 5.91 Å². The van der Waals surface area contributed by atoms with Crippen LogP contribution in [0.4, 0.5) is 0 Å². The molecule has 19 heavy (non-hydrogen) atoms. The molecule has 0 spiro atoms. The standard InChI is InChI=1S/C15H17ClN2O/c16-13-11-8-4-5-9-12(11)18-14(13)15(19)17-10-6-2-1-3-7-10/h4-5,8-10,18H,1-3,6-7H2,(H,17,19). The number of carbonyl (C=O) groups is 1. The quantitative estimate of drug-likeness (QED) is 0.859. The molecule has 0 saturated heterocycles.